The number of hydrogen-bond acceptors (Lipinski definition) is 7. The molecule has 11 heteroatoms. The van der Waals surface area contributed by atoms with Gasteiger partial charge in [0.15, 0.2) is 10.8 Å². The third-order valence-electron chi connectivity index (χ3n) is 5.57. The Bertz CT molecular complexity index is 1020. The van der Waals surface area contributed by atoms with E-state index in [1.165, 1.54) is 21.2 Å². The summed E-state index contributed by atoms with van der Waals surface area (Å²) in [6, 6.07) is 0.0516. The molecule has 0 unspecified atom stereocenters. The molecule has 1 saturated carbocycles. The summed E-state index contributed by atoms with van der Waals surface area (Å²) in [5.41, 5.74) is 5.22. The molecule has 1 fully saturated rings. The lowest BCUT2D eigenvalue weighted by molar-refractivity contribution is -0.116. The number of hydrogen-bond donors (Lipinski definition) is 2. The number of anilines is 2. The Labute approximate surface area is 185 Å². The van der Waals surface area contributed by atoms with Crippen molar-refractivity contribution in [2.24, 2.45) is 0 Å². The first kappa shape index (κ1) is 23.1. The lowest BCUT2D eigenvalue weighted by atomic mass is 10.2. The summed E-state index contributed by atoms with van der Waals surface area (Å²) in [6.07, 6.45) is 6.81. The van der Waals surface area contributed by atoms with E-state index in [0.717, 1.165) is 38.5 Å². The highest BCUT2D eigenvalue weighted by Crippen LogP contribution is 2.30. The van der Waals surface area contributed by atoms with Crippen molar-refractivity contribution in [3.63, 3.8) is 0 Å². The molecule has 0 bridgehead atoms. The number of nitrogens with two attached hydrogens (primary N) is 1. The van der Waals surface area contributed by atoms with Crippen LogP contribution < -0.4 is 21.9 Å². The van der Waals surface area contributed by atoms with Gasteiger partial charge in [-0.05, 0) is 33.1 Å². The molecule has 31 heavy (non-hydrogen) atoms. The number of carbonyl (C=O) groups excluding carboxylic acids is 1. The smallest absolute Gasteiger partial charge is 0.330 e. The SMILES string of the molecule is CCCCn1c(N)c(N(C(=O)CSc2nncn2C(C)C)C2CCCC2)c(=O)[nH]c1=O. The maximum Gasteiger partial charge on any atom is 0.330 e. The van der Waals surface area contributed by atoms with Gasteiger partial charge in [-0.15, -0.1) is 10.2 Å². The summed E-state index contributed by atoms with van der Waals surface area (Å²) in [5.74, 6) is -0.0830. The van der Waals surface area contributed by atoms with E-state index < -0.39 is 11.2 Å². The van der Waals surface area contributed by atoms with E-state index in [-0.39, 0.29) is 35.2 Å². The number of amides is 1. The number of unbranched alkanes of at least 4 members (excludes halogenated alkanes) is 1. The number of nitrogens with one attached hydrogen (secondary N) is 1. The van der Waals surface area contributed by atoms with Crippen LogP contribution in [0.15, 0.2) is 21.1 Å². The van der Waals surface area contributed by atoms with E-state index in [2.05, 4.69) is 15.2 Å². The fraction of sp³-hybridized carbons (Fsp3) is 0.650. The zero-order chi connectivity index (χ0) is 22.5. The van der Waals surface area contributed by atoms with Crippen LogP contribution in [0.25, 0.3) is 0 Å². The number of nitrogen functional groups attached to an aromatic ring is 1. The number of aromatic amines is 1. The van der Waals surface area contributed by atoms with Crippen LogP contribution in [0.5, 0.6) is 0 Å². The normalized spacial score (nSPS) is 14.5. The first-order valence-corrected chi connectivity index (χ1v) is 11.8. The molecule has 3 N–H and O–H groups in total. The molecule has 1 aliphatic carbocycles. The molecule has 0 aromatic carbocycles. The second kappa shape index (κ2) is 10.2. The molecule has 3 rings (SSSR count). The maximum absolute atomic E-state index is 13.4. The number of thioether (sulfide) groups is 1. The summed E-state index contributed by atoms with van der Waals surface area (Å²) in [6.45, 7) is 6.43. The number of H-pyrrole nitrogens is 1. The van der Waals surface area contributed by atoms with Crippen molar-refractivity contribution in [1.82, 2.24) is 24.3 Å². The minimum Gasteiger partial charge on any atom is -0.383 e. The van der Waals surface area contributed by atoms with E-state index in [1.807, 2.05) is 25.3 Å². The van der Waals surface area contributed by atoms with Crippen LogP contribution in [0.1, 0.15) is 65.3 Å². The number of rotatable bonds is 9. The first-order chi connectivity index (χ1) is 14.8. The highest BCUT2D eigenvalue weighted by molar-refractivity contribution is 7.99. The average molecular weight is 450 g/mol. The third-order valence-corrected chi connectivity index (χ3v) is 6.51. The lowest BCUT2D eigenvalue weighted by Crippen LogP contribution is -2.46. The number of aromatic nitrogens is 5. The zero-order valence-corrected chi connectivity index (χ0v) is 19.2. The van der Waals surface area contributed by atoms with Crippen LogP contribution in [-0.4, -0.2) is 42.0 Å². The minimum atomic E-state index is -0.620. The molecular formula is C20H31N7O3S. The average Bonchev–Trinajstić information content (AvgIpc) is 3.41. The summed E-state index contributed by atoms with van der Waals surface area (Å²) in [5, 5.41) is 8.68. The molecule has 0 radical (unpaired) electrons. The van der Waals surface area contributed by atoms with Crippen molar-refractivity contribution in [2.45, 2.75) is 83.1 Å². The highest BCUT2D eigenvalue weighted by atomic mass is 32.2. The van der Waals surface area contributed by atoms with E-state index >= 15 is 0 Å². The van der Waals surface area contributed by atoms with Gasteiger partial charge in [0.2, 0.25) is 5.91 Å². The summed E-state index contributed by atoms with van der Waals surface area (Å²) < 4.78 is 3.25. The predicted octanol–water partition coefficient (Wildman–Crippen LogP) is 2.16. The molecule has 0 spiro atoms. The molecular weight excluding hydrogens is 418 g/mol. The summed E-state index contributed by atoms with van der Waals surface area (Å²) in [7, 11) is 0. The van der Waals surface area contributed by atoms with Crippen molar-refractivity contribution >= 4 is 29.2 Å². The molecule has 170 valence electrons. The minimum absolute atomic E-state index is 0.0535. The van der Waals surface area contributed by atoms with Crippen molar-refractivity contribution in [2.75, 3.05) is 16.4 Å². The van der Waals surface area contributed by atoms with Gasteiger partial charge in [-0.25, -0.2) is 4.79 Å². The van der Waals surface area contributed by atoms with Gasteiger partial charge >= 0.3 is 5.69 Å². The van der Waals surface area contributed by atoms with Crippen molar-refractivity contribution < 1.29 is 4.79 Å². The van der Waals surface area contributed by atoms with E-state index in [0.29, 0.717) is 11.7 Å². The lowest BCUT2D eigenvalue weighted by Gasteiger charge is -2.30. The molecule has 2 aromatic rings. The summed E-state index contributed by atoms with van der Waals surface area (Å²) in [4.78, 5) is 42.4. The quantitative estimate of drug-likeness (QED) is 0.561. The van der Waals surface area contributed by atoms with Gasteiger partial charge in [-0.2, -0.15) is 0 Å². The monoisotopic (exact) mass is 449 g/mol. The molecule has 0 aliphatic heterocycles. The second-order valence-electron chi connectivity index (χ2n) is 8.10. The largest absolute Gasteiger partial charge is 0.383 e. The van der Waals surface area contributed by atoms with Gasteiger partial charge < -0.3 is 15.2 Å². The van der Waals surface area contributed by atoms with Gasteiger partial charge in [-0.3, -0.25) is 19.1 Å². The molecule has 10 nitrogen and oxygen atoms in total. The Morgan fingerprint density at radius 2 is 2.06 bits per heavy atom. The van der Waals surface area contributed by atoms with Crippen LogP contribution in [0, 0.1) is 0 Å². The Balaban J connectivity index is 1.94. The second-order valence-corrected chi connectivity index (χ2v) is 9.05. The number of nitrogens with zero attached hydrogens (tertiary/aromatic N) is 5. The van der Waals surface area contributed by atoms with E-state index in [4.69, 9.17) is 5.73 Å². The van der Waals surface area contributed by atoms with Gasteiger partial charge in [0.1, 0.15) is 12.1 Å². The topological polar surface area (TPSA) is 132 Å². The molecule has 2 aromatic heterocycles. The Kier molecular flexibility index (Phi) is 7.58. The number of carbonyl (C=O) groups is 1. The maximum atomic E-state index is 13.4. The van der Waals surface area contributed by atoms with Crippen LogP contribution in [0.4, 0.5) is 11.5 Å². The molecule has 0 saturated heterocycles. The third kappa shape index (κ3) is 5.03. The summed E-state index contributed by atoms with van der Waals surface area (Å²) >= 11 is 1.28. The Hall–Kier alpha value is -2.56. The van der Waals surface area contributed by atoms with Crippen LogP contribution in [-0.2, 0) is 11.3 Å². The Morgan fingerprint density at radius 1 is 1.35 bits per heavy atom. The van der Waals surface area contributed by atoms with Crippen LogP contribution in [0.2, 0.25) is 0 Å². The highest BCUT2D eigenvalue weighted by Gasteiger charge is 2.32. The first-order valence-electron chi connectivity index (χ1n) is 10.8. The van der Waals surface area contributed by atoms with E-state index in [1.54, 1.807) is 6.33 Å². The molecule has 0 atom stereocenters. The van der Waals surface area contributed by atoms with Crippen LogP contribution in [0.3, 0.4) is 0 Å². The zero-order valence-electron chi connectivity index (χ0n) is 18.3. The van der Waals surface area contributed by atoms with Gasteiger partial charge in [0.05, 0.1) is 5.75 Å². The van der Waals surface area contributed by atoms with Gasteiger partial charge in [0, 0.05) is 18.6 Å². The van der Waals surface area contributed by atoms with Crippen molar-refractivity contribution in [1.29, 1.82) is 0 Å². The van der Waals surface area contributed by atoms with Crippen LogP contribution >= 0.6 is 11.8 Å². The van der Waals surface area contributed by atoms with E-state index in [9.17, 15) is 14.4 Å². The molecule has 2 heterocycles. The fourth-order valence-electron chi connectivity index (χ4n) is 3.91. The predicted molar refractivity (Wildman–Crippen MR) is 122 cm³/mol. The van der Waals surface area contributed by atoms with Gasteiger partial charge in [-0.1, -0.05) is 37.9 Å². The fourth-order valence-corrected chi connectivity index (χ4v) is 4.81. The standard InChI is InChI=1S/C20H31N7O3S/c1-4-5-10-25-17(21)16(18(29)23-19(25)30)27(14-8-6-7-9-14)15(28)11-31-20-24-22-12-26(20)13(2)3/h12-14H,4-11,21H2,1-3H3,(H,23,29,30). The Morgan fingerprint density at radius 3 is 2.71 bits per heavy atom. The van der Waals surface area contributed by atoms with Gasteiger partial charge in [0.25, 0.3) is 5.56 Å². The van der Waals surface area contributed by atoms with Crippen molar-refractivity contribution in [3.8, 4) is 0 Å². The molecule has 1 amide bonds. The van der Waals surface area contributed by atoms with Crippen molar-refractivity contribution in [3.05, 3.63) is 27.2 Å². The molecule has 1 aliphatic rings.